The molecule has 1 aromatic rings. The third kappa shape index (κ3) is 3.84. The van der Waals surface area contributed by atoms with E-state index in [1.165, 1.54) is 7.11 Å². The lowest BCUT2D eigenvalue weighted by Gasteiger charge is -1.96. The van der Waals surface area contributed by atoms with Crippen LogP contribution in [-0.4, -0.2) is 24.2 Å². The van der Waals surface area contributed by atoms with Gasteiger partial charge in [-0.3, -0.25) is 4.79 Å². The third-order valence-electron chi connectivity index (χ3n) is 1.80. The maximum Gasteiger partial charge on any atom is 0.384 e. The zero-order valence-corrected chi connectivity index (χ0v) is 8.69. The van der Waals surface area contributed by atoms with Crippen molar-refractivity contribution < 1.29 is 19.4 Å². The van der Waals surface area contributed by atoms with Gasteiger partial charge in [-0.2, -0.15) is 0 Å². The molecule has 0 atom stereocenters. The lowest BCUT2D eigenvalue weighted by molar-refractivity contribution is -0.136. The zero-order chi connectivity index (χ0) is 12.0. The average Bonchev–Trinajstić information content (AvgIpc) is 2.27. The van der Waals surface area contributed by atoms with E-state index in [1.54, 1.807) is 24.3 Å². The second-order valence-electron chi connectivity index (χ2n) is 3.01. The summed E-state index contributed by atoms with van der Waals surface area (Å²) >= 11 is 0. The van der Waals surface area contributed by atoms with Crippen LogP contribution in [0.2, 0.25) is 0 Å². The van der Waals surface area contributed by atoms with Crippen molar-refractivity contribution in [2.75, 3.05) is 7.11 Å². The summed E-state index contributed by atoms with van der Waals surface area (Å²) in [6.07, 6.45) is -0.0231. The number of benzene rings is 1. The topological polar surface area (TPSA) is 63.6 Å². The Morgan fingerprint density at radius 1 is 1.31 bits per heavy atom. The molecular formula is C12H10O4. The van der Waals surface area contributed by atoms with E-state index < -0.39 is 11.9 Å². The van der Waals surface area contributed by atoms with Crippen LogP contribution in [-0.2, 0) is 20.7 Å². The molecule has 4 nitrogen and oxygen atoms in total. The number of carbonyl (C=O) groups excluding carboxylic acids is 1. The molecule has 0 fully saturated rings. The molecule has 16 heavy (non-hydrogen) atoms. The molecule has 0 heterocycles. The van der Waals surface area contributed by atoms with Crippen LogP contribution >= 0.6 is 0 Å². The summed E-state index contributed by atoms with van der Waals surface area (Å²) in [5.74, 6) is 3.40. The van der Waals surface area contributed by atoms with Crippen molar-refractivity contribution in [1.29, 1.82) is 0 Å². The van der Waals surface area contributed by atoms with Crippen LogP contribution in [0, 0.1) is 11.8 Å². The fraction of sp³-hybridized carbons (Fsp3) is 0.167. The summed E-state index contributed by atoms with van der Waals surface area (Å²) in [5, 5.41) is 8.56. The summed E-state index contributed by atoms with van der Waals surface area (Å²) in [7, 11) is 1.26. The van der Waals surface area contributed by atoms with Gasteiger partial charge in [0.05, 0.1) is 13.5 Å². The Hall–Kier alpha value is -2.28. The van der Waals surface area contributed by atoms with Crippen LogP contribution < -0.4 is 0 Å². The number of carboxylic acids is 1. The molecular weight excluding hydrogens is 208 g/mol. The minimum Gasteiger partial charge on any atom is -0.481 e. The molecule has 0 spiro atoms. The Balaban J connectivity index is 2.74. The van der Waals surface area contributed by atoms with E-state index in [0.717, 1.165) is 0 Å². The summed E-state index contributed by atoms with van der Waals surface area (Å²) in [6, 6.07) is 6.65. The number of carbonyl (C=O) groups is 2. The summed E-state index contributed by atoms with van der Waals surface area (Å²) < 4.78 is 4.36. The minimum atomic E-state index is -0.881. The van der Waals surface area contributed by atoms with Crippen LogP contribution in [0.3, 0.4) is 0 Å². The third-order valence-corrected chi connectivity index (χ3v) is 1.80. The first-order chi connectivity index (χ1) is 7.61. The number of hydrogen-bond acceptors (Lipinski definition) is 3. The van der Waals surface area contributed by atoms with Gasteiger partial charge in [0, 0.05) is 11.5 Å². The summed E-state index contributed by atoms with van der Waals surface area (Å²) in [6.45, 7) is 0. The van der Waals surface area contributed by atoms with Gasteiger partial charge in [-0.1, -0.05) is 18.1 Å². The molecule has 1 aromatic carbocycles. The smallest absolute Gasteiger partial charge is 0.384 e. The van der Waals surface area contributed by atoms with E-state index in [0.29, 0.717) is 11.1 Å². The molecule has 0 bridgehead atoms. The van der Waals surface area contributed by atoms with Gasteiger partial charge in [0.15, 0.2) is 0 Å². The number of rotatable bonds is 2. The predicted octanol–water partition coefficient (Wildman–Crippen LogP) is 0.838. The van der Waals surface area contributed by atoms with Crippen molar-refractivity contribution >= 4 is 11.9 Å². The van der Waals surface area contributed by atoms with Crippen LogP contribution in [0.1, 0.15) is 11.1 Å². The maximum atomic E-state index is 10.7. The number of esters is 1. The molecule has 0 aliphatic rings. The van der Waals surface area contributed by atoms with Crippen molar-refractivity contribution in [3.05, 3.63) is 35.4 Å². The van der Waals surface area contributed by atoms with Crippen LogP contribution in [0.4, 0.5) is 0 Å². The molecule has 0 aromatic heterocycles. The highest BCUT2D eigenvalue weighted by Gasteiger charge is 1.99. The second kappa shape index (κ2) is 5.56. The molecule has 82 valence electrons. The van der Waals surface area contributed by atoms with Crippen LogP contribution in [0.5, 0.6) is 0 Å². The Morgan fingerprint density at radius 3 is 2.44 bits per heavy atom. The zero-order valence-electron chi connectivity index (χ0n) is 8.69. The van der Waals surface area contributed by atoms with E-state index in [2.05, 4.69) is 16.6 Å². The first-order valence-corrected chi connectivity index (χ1v) is 4.52. The van der Waals surface area contributed by atoms with Gasteiger partial charge in [-0.15, -0.1) is 0 Å². The first-order valence-electron chi connectivity index (χ1n) is 4.52. The normalized spacial score (nSPS) is 8.81. The fourth-order valence-corrected chi connectivity index (χ4v) is 1.05. The second-order valence-corrected chi connectivity index (χ2v) is 3.01. The Kier molecular flexibility index (Phi) is 4.10. The predicted molar refractivity (Wildman–Crippen MR) is 56.7 cm³/mol. The Labute approximate surface area is 92.9 Å². The SMILES string of the molecule is COC(=O)C#Cc1ccc(CC(=O)O)cc1. The molecule has 0 amide bonds. The van der Waals surface area contributed by atoms with Gasteiger partial charge in [0.25, 0.3) is 0 Å². The fourth-order valence-electron chi connectivity index (χ4n) is 1.05. The number of ether oxygens (including phenoxy) is 1. The molecule has 0 radical (unpaired) electrons. The highest BCUT2D eigenvalue weighted by Crippen LogP contribution is 2.04. The maximum absolute atomic E-state index is 10.7. The summed E-state index contributed by atoms with van der Waals surface area (Å²) in [4.78, 5) is 21.1. The van der Waals surface area contributed by atoms with Crippen molar-refractivity contribution in [2.45, 2.75) is 6.42 Å². The van der Waals surface area contributed by atoms with Crippen molar-refractivity contribution in [2.24, 2.45) is 0 Å². The monoisotopic (exact) mass is 218 g/mol. The van der Waals surface area contributed by atoms with Crippen LogP contribution in [0.25, 0.3) is 0 Å². The quantitative estimate of drug-likeness (QED) is 0.590. The van der Waals surface area contributed by atoms with Crippen molar-refractivity contribution in [3.8, 4) is 11.8 Å². The Bertz CT molecular complexity index is 448. The van der Waals surface area contributed by atoms with Gasteiger partial charge in [0.2, 0.25) is 0 Å². The van der Waals surface area contributed by atoms with E-state index in [-0.39, 0.29) is 6.42 Å². The van der Waals surface area contributed by atoms with Crippen molar-refractivity contribution in [1.82, 2.24) is 0 Å². The lowest BCUT2D eigenvalue weighted by Crippen LogP contribution is -1.99. The van der Waals surface area contributed by atoms with Gasteiger partial charge in [-0.25, -0.2) is 4.79 Å². The standard InChI is InChI=1S/C12H10O4/c1-16-12(15)7-6-9-2-4-10(5-3-9)8-11(13)14/h2-5H,8H2,1H3,(H,13,14). The number of methoxy groups -OCH3 is 1. The van der Waals surface area contributed by atoms with E-state index in [4.69, 9.17) is 5.11 Å². The first kappa shape index (κ1) is 11.8. The molecule has 0 aliphatic carbocycles. The van der Waals surface area contributed by atoms with Gasteiger partial charge >= 0.3 is 11.9 Å². The Morgan fingerprint density at radius 2 is 1.94 bits per heavy atom. The van der Waals surface area contributed by atoms with Crippen LogP contribution in [0.15, 0.2) is 24.3 Å². The largest absolute Gasteiger partial charge is 0.481 e. The minimum absolute atomic E-state index is 0.0231. The number of hydrogen-bond donors (Lipinski definition) is 1. The van der Waals surface area contributed by atoms with E-state index in [9.17, 15) is 9.59 Å². The molecule has 0 unspecified atom stereocenters. The number of aliphatic carboxylic acids is 1. The molecule has 1 rings (SSSR count). The van der Waals surface area contributed by atoms with Gasteiger partial charge < -0.3 is 9.84 Å². The molecule has 0 saturated carbocycles. The lowest BCUT2D eigenvalue weighted by atomic mass is 10.1. The van der Waals surface area contributed by atoms with Crippen molar-refractivity contribution in [3.63, 3.8) is 0 Å². The molecule has 1 N–H and O–H groups in total. The molecule has 4 heteroatoms. The average molecular weight is 218 g/mol. The molecule has 0 saturated heterocycles. The number of carboxylic acid groups (broad SMARTS) is 1. The van der Waals surface area contributed by atoms with Gasteiger partial charge in [-0.05, 0) is 17.7 Å². The van der Waals surface area contributed by atoms with Gasteiger partial charge in [0.1, 0.15) is 0 Å². The summed E-state index contributed by atoms with van der Waals surface area (Å²) in [5.41, 5.74) is 1.33. The van der Waals surface area contributed by atoms with E-state index >= 15 is 0 Å². The van der Waals surface area contributed by atoms with E-state index in [1.807, 2.05) is 0 Å². The highest BCUT2D eigenvalue weighted by molar-refractivity contribution is 5.89. The molecule has 0 aliphatic heterocycles. The highest BCUT2D eigenvalue weighted by atomic mass is 16.5.